The number of rotatable bonds is 6. The van der Waals surface area contributed by atoms with Crippen LogP contribution in [-0.4, -0.2) is 78.1 Å². The van der Waals surface area contributed by atoms with Crippen molar-refractivity contribution in [2.75, 3.05) is 32.8 Å². The molecule has 2 N–H and O–H groups in total. The molecule has 3 aliphatic rings. The third-order valence-corrected chi connectivity index (χ3v) is 6.19. The highest BCUT2D eigenvalue weighted by Crippen LogP contribution is 2.35. The van der Waals surface area contributed by atoms with Crippen molar-refractivity contribution in [3.8, 4) is 0 Å². The van der Waals surface area contributed by atoms with Crippen molar-refractivity contribution in [1.82, 2.24) is 20.4 Å². The Bertz CT molecular complexity index is 582. The predicted octanol–water partition coefficient (Wildman–Crippen LogP) is 0.713. The van der Waals surface area contributed by atoms with Crippen molar-refractivity contribution >= 4 is 17.8 Å². The Balaban J connectivity index is 1.59. The van der Waals surface area contributed by atoms with Gasteiger partial charge in [0.05, 0.1) is 13.2 Å². The summed E-state index contributed by atoms with van der Waals surface area (Å²) < 4.78 is 5.41. The van der Waals surface area contributed by atoms with Crippen molar-refractivity contribution in [2.24, 2.45) is 5.92 Å². The monoisotopic (exact) mass is 380 g/mol. The van der Waals surface area contributed by atoms with Gasteiger partial charge in [0.2, 0.25) is 5.91 Å². The SMILES string of the molecule is CC(C)C(CNC(=O)C(C)N1C(=O)NC2(CCCC2)C1=O)N1CCOCC1. The lowest BCUT2D eigenvalue weighted by Crippen LogP contribution is -2.54. The number of nitrogens with one attached hydrogen (secondary N) is 2. The van der Waals surface area contributed by atoms with Crippen molar-refractivity contribution < 1.29 is 19.1 Å². The van der Waals surface area contributed by atoms with Crippen LogP contribution >= 0.6 is 0 Å². The van der Waals surface area contributed by atoms with Crippen LogP contribution in [0.3, 0.4) is 0 Å². The molecule has 1 aliphatic carbocycles. The van der Waals surface area contributed by atoms with Gasteiger partial charge in [0, 0.05) is 25.7 Å². The Hall–Kier alpha value is -1.67. The van der Waals surface area contributed by atoms with Gasteiger partial charge >= 0.3 is 6.03 Å². The standard InChI is InChI=1S/C19H32N4O4/c1-13(2)15(22-8-10-27-11-9-22)12-20-16(24)14(3)23-17(25)19(21-18(23)26)6-4-5-7-19/h13-15H,4-12H2,1-3H3,(H,20,24)(H,21,26). The molecule has 0 aromatic heterocycles. The number of hydrogen-bond acceptors (Lipinski definition) is 5. The van der Waals surface area contributed by atoms with Crippen LogP contribution in [0.25, 0.3) is 0 Å². The summed E-state index contributed by atoms with van der Waals surface area (Å²) in [5, 5.41) is 5.80. The summed E-state index contributed by atoms with van der Waals surface area (Å²) in [6.45, 7) is 9.51. The second kappa shape index (κ2) is 8.14. The van der Waals surface area contributed by atoms with E-state index in [1.54, 1.807) is 6.92 Å². The van der Waals surface area contributed by atoms with Gasteiger partial charge in [-0.05, 0) is 25.7 Å². The van der Waals surface area contributed by atoms with E-state index < -0.39 is 17.6 Å². The molecule has 27 heavy (non-hydrogen) atoms. The second-order valence-electron chi connectivity index (χ2n) is 8.28. The number of imide groups is 1. The molecule has 0 bridgehead atoms. The Morgan fingerprint density at radius 1 is 1.19 bits per heavy atom. The Labute approximate surface area is 161 Å². The van der Waals surface area contributed by atoms with Crippen LogP contribution < -0.4 is 10.6 Å². The first-order chi connectivity index (χ1) is 12.9. The molecule has 0 aromatic carbocycles. The van der Waals surface area contributed by atoms with Gasteiger partial charge in [-0.3, -0.25) is 14.5 Å². The number of hydrogen-bond donors (Lipinski definition) is 2. The molecule has 2 unspecified atom stereocenters. The lowest BCUT2D eigenvalue weighted by molar-refractivity contribution is -0.138. The number of carbonyl (C=O) groups excluding carboxylic acids is 3. The van der Waals surface area contributed by atoms with Gasteiger partial charge in [0.25, 0.3) is 5.91 Å². The van der Waals surface area contributed by atoms with E-state index in [1.807, 2.05) is 0 Å². The Kier molecular flexibility index (Phi) is 6.05. The van der Waals surface area contributed by atoms with Crippen LogP contribution in [0.1, 0.15) is 46.5 Å². The smallest absolute Gasteiger partial charge is 0.325 e. The van der Waals surface area contributed by atoms with Gasteiger partial charge in [0.15, 0.2) is 0 Å². The predicted molar refractivity (Wildman–Crippen MR) is 100 cm³/mol. The number of urea groups is 1. The quantitative estimate of drug-likeness (QED) is 0.663. The molecular formula is C19H32N4O4. The van der Waals surface area contributed by atoms with Gasteiger partial charge in [-0.25, -0.2) is 9.69 Å². The van der Waals surface area contributed by atoms with Crippen LogP contribution in [0.2, 0.25) is 0 Å². The van der Waals surface area contributed by atoms with Crippen LogP contribution in [0.15, 0.2) is 0 Å². The number of amides is 4. The molecule has 3 fully saturated rings. The fourth-order valence-corrected chi connectivity index (χ4v) is 4.48. The molecule has 0 radical (unpaired) electrons. The molecule has 2 heterocycles. The minimum Gasteiger partial charge on any atom is -0.379 e. The highest BCUT2D eigenvalue weighted by atomic mass is 16.5. The molecule has 152 valence electrons. The molecule has 3 rings (SSSR count). The van der Waals surface area contributed by atoms with Gasteiger partial charge in [0.1, 0.15) is 11.6 Å². The first-order valence-electron chi connectivity index (χ1n) is 10.1. The van der Waals surface area contributed by atoms with Crippen molar-refractivity contribution in [2.45, 2.75) is 64.1 Å². The zero-order valence-corrected chi connectivity index (χ0v) is 16.6. The summed E-state index contributed by atoms with van der Waals surface area (Å²) in [4.78, 5) is 41.3. The summed E-state index contributed by atoms with van der Waals surface area (Å²) >= 11 is 0. The third-order valence-electron chi connectivity index (χ3n) is 6.19. The maximum Gasteiger partial charge on any atom is 0.325 e. The topological polar surface area (TPSA) is 91.0 Å². The fraction of sp³-hybridized carbons (Fsp3) is 0.842. The van der Waals surface area contributed by atoms with E-state index in [0.29, 0.717) is 38.5 Å². The zero-order valence-electron chi connectivity index (χ0n) is 16.6. The van der Waals surface area contributed by atoms with E-state index in [2.05, 4.69) is 29.4 Å². The Morgan fingerprint density at radius 3 is 2.41 bits per heavy atom. The second-order valence-corrected chi connectivity index (χ2v) is 8.28. The van der Waals surface area contributed by atoms with Gasteiger partial charge in [-0.2, -0.15) is 0 Å². The molecule has 2 saturated heterocycles. The van der Waals surface area contributed by atoms with Crippen LogP contribution in [0.4, 0.5) is 4.79 Å². The molecule has 1 saturated carbocycles. The molecule has 4 amide bonds. The van der Waals surface area contributed by atoms with E-state index in [1.165, 1.54) is 0 Å². The van der Waals surface area contributed by atoms with Gasteiger partial charge in [-0.15, -0.1) is 0 Å². The number of nitrogens with zero attached hydrogens (tertiary/aromatic N) is 2. The molecule has 2 atom stereocenters. The molecule has 0 aromatic rings. The molecule has 8 nitrogen and oxygen atoms in total. The largest absolute Gasteiger partial charge is 0.379 e. The number of morpholine rings is 1. The fourth-order valence-electron chi connectivity index (χ4n) is 4.48. The van der Waals surface area contributed by atoms with Crippen LogP contribution in [0.5, 0.6) is 0 Å². The van der Waals surface area contributed by atoms with Gasteiger partial charge in [-0.1, -0.05) is 26.7 Å². The zero-order chi connectivity index (χ0) is 19.6. The normalized spacial score (nSPS) is 25.1. The van der Waals surface area contributed by atoms with Crippen molar-refractivity contribution in [1.29, 1.82) is 0 Å². The summed E-state index contributed by atoms with van der Waals surface area (Å²) in [5.41, 5.74) is -0.778. The van der Waals surface area contributed by atoms with E-state index in [4.69, 9.17) is 4.74 Å². The van der Waals surface area contributed by atoms with Gasteiger partial charge < -0.3 is 15.4 Å². The average molecular weight is 380 g/mol. The molecule has 8 heteroatoms. The van der Waals surface area contributed by atoms with E-state index >= 15 is 0 Å². The number of ether oxygens (including phenoxy) is 1. The van der Waals surface area contributed by atoms with E-state index in [-0.39, 0.29) is 17.9 Å². The molecule has 2 aliphatic heterocycles. The van der Waals surface area contributed by atoms with Crippen molar-refractivity contribution in [3.05, 3.63) is 0 Å². The summed E-state index contributed by atoms with van der Waals surface area (Å²) in [5.74, 6) is -0.161. The van der Waals surface area contributed by atoms with Crippen LogP contribution in [0, 0.1) is 5.92 Å². The highest BCUT2D eigenvalue weighted by Gasteiger charge is 2.54. The summed E-state index contributed by atoms with van der Waals surface area (Å²) in [6, 6.07) is -1.05. The maximum absolute atomic E-state index is 12.8. The minimum atomic E-state index is -0.810. The summed E-state index contributed by atoms with van der Waals surface area (Å²) in [7, 11) is 0. The highest BCUT2D eigenvalue weighted by molar-refractivity contribution is 6.09. The van der Waals surface area contributed by atoms with E-state index in [0.717, 1.165) is 30.8 Å². The van der Waals surface area contributed by atoms with Crippen molar-refractivity contribution in [3.63, 3.8) is 0 Å². The third kappa shape index (κ3) is 3.96. The average Bonchev–Trinajstić information content (AvgIpc) is 3.20. The minimum absolute atomic E-state index is 0.203. The number of carbonyl (C=O) groups is 3. The van der Waals surface area contributed by atoms with E-state index in [9.17, 15) is 14.4 Å². The lowest BCUT2D eigenvalue weighted by Gasteiger charge is -2.37. The molecule has 1 spiro atoms. The van der Waals surface area contributed by atoms with Crippen LogP contribution in [-0.2, 0) is 14.3 Å². The first-order valence-corrected chi connectivity index (χ1v) is 10.1. The Morgan fingerprint density at radius 2 is 1.81 bits per heavy atom. The molecular weight excluding hydrogens is 348 g/mol. The first kappa shape index (κ1) is 20.1. The summed E-state index contributed by atoms with van der Waals surface area (Å²) in [6.07, 6.45) is 3.18. The maximum atomic E-state index is 12.8. The lowest BCUT2D eigenvalue weighted by atomic mass is 9.97.